The maximum atomic E-state index is 13.1. The lowest BCUT2D eigenvalue weighted by Gasteiger charge is -2.27. The van der Waals surface area contributed by atoms with E-state index in [4.69, 9.17) is 9.47 Å². The Labute approximate surface area is 174 Å². The summed E-state index contributed by atoms with van der Waals surface area (Å²) in [6.45, 7) is 2.59. The molecule has 1 heterocycles. The summed E-state index contributed by atoms with van der Waals surface area (Å²) in [5, 5.41) is 0. The van der Waals surface area contributed by atoms with Crippen LogP contribution in [0.25, 0.3) is 0 Å². The first-order chi connectivity index (χ1) is 14.4. The molecule has 156 valence electrons. The molecule has 0 N–H and O–H groups in total. The van der Waals surface area contributed by atoms with Crippen LogP contribution in [0.5, 0.6) is 0 Å². The van der Waals surface area contributed by atoms with Crippen LogP contribution in [0.15, 0.2) is 60.7 Å². The van der Waals surface area contributed by atoms with Gasteiger partial charge in [0, 0.05) is 32.4 Å². The predicted octanol–water partition coefficient (Wildman–Crippen LogP) is 2.53. The standard InChI is InChI=1S/C23H23NO6/c1-15(25)29-21-19(13-20(27)18-11-7-4-8-12-18)24(14-17-9-5-3-6-10-17)23(28)22(21)30-16(2)26/h3-12,19,21-22H,13-14H2,1-2H3/t19?,21-,22+/m1/s1. The van der Waals surface area contributed by atoms with Gasteiger partial charge < -0.3 is 14.4 Å². The normalized spacial score (nSPS) is 20.7. The van der Waals surface area contributed by atoms with Gasteiger partial charge in [0.1, 0.15) is 0 Å². The monoisotopic (exact) mass is 409 g/mol. The number of hydrogen-bond donors (Lipinski definition) is 0. The topological polar surface area (TPSA) is 90.0 Å². The van der Waals surface area contributed by atoms with Crippen LogP contribution in [0.2, 0.25) is 0 Å². The highest BCUT2D eigenvalue weighted by Gasteiger charge is 2.52. The molecule has 7 heteroatoms. The van der Waals surface area contributed by atoms with Gasteiger partial charge in [-0.3, -0.25) is 19.2 Å². The molecule has 2 aromatic rings. The van der Waals surface area contributed by atoms with Gasteiger partial charge in [-0.1, -0.05) is 60.7 Å². The highest BCUT2D eigenvalue weighted by molar-refractivity contribution is 5.97. The van der Waals surface area contributed by atoms with Gasteiger partial charge in [0.05, 0.1) is 6.04 Å². The maximum Gasteiger partial charge on any atom is 0.303 e. The molecule has 0 bridgehead atoms. The van der Waals surface area contributed by atoms with Crippen LogP contribution in [0, 0.1) is 0 Å². The second-order valence-corrected chi connectivity index (χ2v) is 7.12. The number of Topliss-reactive ketones (excluding diaryl/α,β-unsaturated/α-hetero) is 1. The summed E-state index contributed by atoms with van der Waals surface area (Å²) in [4.78, 5) is 50.8. The lowest BCUT2D eigenvalue weighted by atomic mass is 9.99. The molecule has 3 rings (SSSR count). The van der Waals surface area contributed by atoms with Crippen molar-refractivity contribution in [2.75, 3.05) is 0 Å². The van der Waals surface area contributed by atoms with Gasteiger partial charge in [0.25, 0.3) is 5.91 Å². The Morgan fingerprint density at radius 2 is 1.43 bits per heavy atom. The van der Waals surface area contributed by atoms with Crippen molar-refractivity contribution in [2.45, 2.75) is 45.1 Å². The molecule has 0 saturated carbocycles. The van der Waals surface area contributed by atoms with Crippen LogP contribution in [0.1, 0.15) is 36.2 Å². The van der Waals surface area contributed by atoms with E-state index in [0.29, 0.717) is 5.56 Å². The van der Waals surface area contributed by atoms with Crippen molar-refractivity contribution < 1.29 is 28.7 Å². The van der Waals surface area contributed by atoms with Gasteiger partial charge in [0.2, 0.25) is 6.10 Å². The first-order valence-electron chi connectivity index (χ1n) is 9.64. The number of amides is 1. The molecule has 1 saturated heterocycles. The summed E-state index contributed by atoms with van der Waals surface area (Å²) < 4.78 is 10.6. The van der Waals surface area contributed by atoms with E-state index < -0.39 is 36.1 Å². The first kappa shape index (κ1) is 21.2. The van der Waals surface area contributed by atoms with Gasteiger partial charge in [-0.15, -0.1) is 0 Å². The molecule has 30 heavy (non-hydrogen) atoms. The number of carbonyl (C=O) groups is 4. The predicted molar refractivity (Wildman–Crippen MR) is 107 cm³/mol. The van der Waals surface area contributed by atoms with Gasteiger partial charge in [-0.25, -0.2) is 0 Å². The van der Waals surface area contributed by atoms with E-state index in [1.54, 1.807) is 30.3 Å². The van der Waals surface area contributed by atoms with E-state index in [1.165, 1.54) is 18.7 Å². The third-order valence-corrected chi connectivity index (χ3v) is 4.89. The highest BCUT2D eigenvalue weighted by Crippen LogP contribution is 2.30. The maximum absolute atomic E-state index is 13.1. The average Bonchev–Trinajstić information content (AvgIpc) is 2.94. The molecule has 2 aromatic carbocycles. The summed E-state index contributed by atoms with van der Waals surface area (Å²) in [5.74, 6) is -1.98. The van der Waals surface area contributed by atoms with E-state index in [-0.39, 0.29) is 18.7 Å². The molecule has 0 spiro atoms. The van der Waals surface area contributed by atoms with E-state index in [0.717, 1.165) is 5.56 Å². The molecular weight excluding hydrogens is 386 g/mol. The second-order valence-electron chi connectivity index (χ2n) is 7.12. The van der Waals surface area contributed by atoms with Crippen molar-refractivity contribution in [1.82, 2.24) is 4.90 Å². The third-order valence-electron chi connectivity index (χ3n) is 4.89. The van der Waals surface area contributed by atoms with Crippen LogP contribution in [0.3, 0.4) is 0 Å². The summed E-state index contributed by atoms with van der Waals surface area (Å²) in [5.41, 5.74) is 1.33. The number of ketones is 1. The Bertz CT molecular complexity index is 927. The van der Waals surface area contributed by atoms with Crippen molar-refractivity contribution in [3.05, 3.63) is 71.8 Å². The fourth-order valence-electron chi connectivity index (χ4n) is 3.61. The van der Waals surface area contributed by atoms with Crippen LogP contribution in [-0.2, 0) is 30.4 Å². The molecule has 0 aromatic heterocycles. The summed E-state index contributed by atoms with van der Waals surface area (Å²) in [6, 6.07) is 17.1. The molecule has 3 atom stereocenters. The van der Waals surface area contributed by atoms with Crippen molar-refractivity contribution >= 4 is 23.6 Å². The lowest BCUT2D eigenvalue weighted by Crippen LogP contribution is -2.41. The van der Waals surface area contributed by atoms with Crippen molar-refractivity contribution in [1.29, 1.82) is 0 Å². The third kappa shape index (κ3) is 4.92. The zero-order chi connectivity index (χ0) is 21.7. The van der Waals surface area contributed by atoms with E-state index in [9.17, 15) is 19.2 Å². The molecule has 0 aliphatic carbocycles. The fourth-order valence-corrected chi connectivity index (χ4v) is 3.61. The molecule has 1 unspecified atom stereocenters. The number of rotatable bonds is 7. The minimum Gasteiger partial charge on any atom is -0.456 e. The van der Waals surface area contributed by atoms with Gasteiger partial charge in [0.15, 0.2) is 11.9 Å². The number of carbonyl (C=O) groups excluding carboxylic acids is 4. The number of nitrogens with zero attached hydrogens (tertiary/aromatic N) is 1. The van der Waals surface area contributed by atoms with Crippen molar-refractivity contribution in [3.8, 4) is 0 Å². The zero-order valence-corrected chi connectivity index (χ0v) is 16.8. The van der Waals surface area contributed by atoms with Crippen LogP contribution < -0.4 is 0 Å². The minimum absolute atomic E-state index is 0.0711. The molecular formula is C23H23NO6. The Balaban J connectivity index is 1.95. The molecule has 1 aliphatic heterocycles. The van der Waals surface area contributed by atoms with E-state index in [1.807, 2.05) is 30.3 Å². The lowest BCUT2D eigenvalue weighted by molar-refractivity contribution is -0.166. The minimum atomic E-state index is -1.29. The van der Waals surface area contributed by atoms with Gasteiger partial charge in [-0.05, 0) is 5.56 Å². The van der Waals surface area contributed by atoms with Crippen LogP contribution >= 0.6 is 0 Å². The van der Waals surface area contributed by atoms with Gasteiger partial charge in [-0.2, -0.15) is 0 Å². The second kappa shape index (κ2) is 9.35. The van der Waals surface area contributed by atoms with Crippen LogP contribution in [-0.4, -0.2) is 46.8 Å². The average molecular weight is 409 g/mol. The van der Waals surface area contributed by atoms with Crippen molar-refractivity contribution in [2.24, 2.45) is 0 Å². The number of likely N-dealkylation sites (tertiary alicyclic amines) is 1. The Morgan fingerprint density at radius 3 is 2.00 bits per heavy atom. The highest BCUT2D eigenvalue weighted by atomic mass is 16.6. The zero-order valence-electron chi connectivity index (χ0n) is 16.8. The van der Waals surface area contributed by atoms with Crippen LogP contribution in [0.4, 0.5) is 0 Å². The number of hydrogen-bond acceptors (Lipinski definition) is 6. The molecule has 7 nitrogen and oxygen atoms in total. The molecule has 1 aliphatic rings. The quantitative estimate of drug-likeness (QED) is 0.516. The van der Waals surface area contributed by atoms with E-state index >= 15 is 0 Å². The molecule has 1 fully saturated rings. The molecule has 0 radical (unpaired) electrons. The number of ether oxygens (including phenoxy) is 2. The smallest absolute Gasteiger partial charge is 0.303 e. The Kier molecular flexibility index (Phi) is 6.61. The number of benzene rings is 2. The van der Waals surface area contributed by atoms with Crippen molar-refractivity contribution in [3.63, 3.8) is 0 Å². The first-order valence-corrected chi connectivity index (χ1v) is 9.64. The summed E-state index contributed by atoms with van der Waals surface area (Å²) in [7, 11) is 0. The Hall–Kier alpha value is -3.48. The summed E-state index contributed by atoms with van der Waals surface area (Å²) in [6.07, 6.45) is -2.43. The SMILES string of the molecule is CC(=O)O[C@@H]1C(=O)N(Cc2ccccc2)C(CC(=O)c2ccccc2)[C@H]1OC(C)=O. The fraction of sp³-hybridized carbons (Fsp3) is 0.304. The molecule has 1 amide bonds. The summed E-state index contributed by atoms with van der Waals surface area (Å²) >= 11 is 0. The Morgan fingerprint density at radius 1 is 0.867 bits per heavy atom. The largest absolute Gasteiger partial charge is 0.456 e. The van der Waals surface area contributed by atoms with E-state index in [2.05, 4.69) is 0 Å². The number of esters is 2. The van der Waals surface area contributed by atoms with Gasteiger partial charge >= 0.3 is 11.9 Å².